The first-order chi connectivity index (χ1) is 10.2. The van der Waals surface area contributed by atoms with Gasteiger partial charge in [-0.15, -0.1) is 0 Å². The van der Waals surface area contributed by atoms with Crippen LogP contribution in [0.25, 0.3) is 10.9 Å². The van der Waals surface area contributed by atoms with Crippen molar-refractivity contribution >= 4 is 16.9 Å². The number of epoxide rings is 1. The van der Waals surface area contributed by atoms with Crippen molar-refractivity contribution in [2.24, 2.45) is 0 Å². The minimum absolute atomic E-state index is 0.167. The standard InChI is InChI=1S/C15H14N2O4/c1-3-20-15(18)13-12-9(7-16)5-4-6-10(12)17(11-8-21-11)14(13)19-2/h4-6,11H,3,8H2,1-2H3. The summed E-state index contributed by atoms with van der Waals surface area (Å²) in [5.41, 5.74) is 1.42. The van der Waals surface area contributed by atoms with E-state index in [0.29, 0.717) is 23.4 Å². The van der Waals surface area contributed by atoms with Crippen LogP contribution in [0.1, 0.15) is 29.1 Å². The third-order valence-corrected chi connectivity index (χ3v) is 3.38. The molecule has 0 N–H and O–H groups in total. The average Bonchev–Trinajstić information content (AvgIpc) is 3.27. The quantitative estimate of drug-likeness (QED) is 0.636. The molecule has 3 rings (SSSR count). The number of nitriles is 1. The fourth-order valence-electron chi connectivity index (χ4n) is 2.50. The maximum atomic E-state index is 12.3. The summed E-state index contributed by atoms with van der Waals surface area (Å²) >= 11 is 0. The molecule has 2 heterocycles. The van der Waals surface area contributed by atoms with Crippen molar-refractivity contribution in [3.8, 4) is 11.9 Å². The second kappa shape index (κ2) is 5.11. The van der Waals surface area contributed by atoms with E-state index in [1.165, 1.54) is 7.11 Å². The summed E-state index contributed by atoms with van der Waals surface area (Å²) in [6.45, 7) is 2.54. The number of carbonyl (C=O) groups is 1. The molecule has 1 saturated heterocycles. The molecule has 6 nitrogen and oxygen atoms in total. The molecule has 0 saturated carbocycles. The molecule has 0 spiro atoms. The van der Waals surface area contributed by atoms with Crippen LogP contribution >= 0.6 is 0 Å². The van der Waals surface area contributed by atoms with Crippen LogP contribution in [0.4, 0.5) is 0 Å². The molecule has 1 unspecified atom stereocenters. The molecule has 1 aliphatic heterocycles. The Kier molecular flexibility index (Phi) is 3.28. The summed E-state index contributed by atoms with van der Waals surface area (Å²) in [5.74, 6) is -0.130. The minimum atomic E-state index is -0.499. The molecule has 2 aromatic rings. The van der Waals surface area contributed by atoms with Gasteiger partial charge < -0.3 is 14.2 Å². The van der Waals surface area contributed by atoms with Crippen molar-refractivity contribution in [2.75, 3.05) is 20.3 Å². The van der Waals surface area contributed by atoms with Gasteiger partial charge in [-0.3, -0.25) is 4.57 Å². The van der Waals surface area contributed by atoms with Crippen LogP contribution in [0.3, 0.4) is 0 Å². The molecule has 1 aromatic carbocycles. The molecule has 0 amide bonds. The molecule has 21 heavy (non-hydrogen) atoms. The van der Waals surface area contributed by atoms with Gasteiger partial charge in [0, 0.05) is 5.39 Å². The zero-order valence-electron chi connectivity index (χ0n) is 11.8. The fraction of sp³-hybridized carbons (Fsp3) is 0.333. The van der Waals surface area contributed by atoms with Crippen molar-refractivity contribution in [3.05, 3.63) is 29.3 Å². The maximum absolute atomic E-state index is 12.3. The number of hydrogen-bond acceptors (Lipinski definition) is 5. The Bertz CT molecular complexity index is 753. The lowest BCUT2D eigenvalue weighted by Gasteiger charge is -2.07. The van der Waals surface area contributed by atoms with Crippen LogP contribution in [0, 0.1) is 11.3 Å². The molecular formula is C15H14N2O4. The van der Waals surface area contributed by atoms with E-state index < -0.39 is 5.97 Å². The third-order valence-electron chi connectivity index (χ3n) is 3.38. The smallest absolute Gasteiger partial charge is 0.344 e. The summed E-state index contributed by atoms with van der Waals surface area (Å²) in [6.07, 6.45) is -0.167. The predicted molar refractivity (Wildman–Crippen MR) is 74.2 cm³/mol. The normalized spacial score (nSPS) is 16.5. The molecule has 1 aromatic heterocycles. The number of nitrogens with zero attached hydrogens (tertiary/aromatic N) is 2. The zero-order chi connectivity index (χ0) is 15.0. The number of fused-ring (bicyclic) bond motifs is 1. The summed E-state index contributed by atoms with van der Waals surface area (Å²) in [7, 11) is 1.49. The van der Waals surface area contributed by atoms with Gasteiger partial charge >= 0.3 is 5.97 Å². The van der Waals surface area contributed by atoms with E-state index in [9.17, 15) is 10.1 Å². The van der Waals surface area contributed by atoms with E-state index in [2.05, 4.69) is 6.07 Å². The van der Waals surface area contributed by atoms with Crippen LogP contribution in [-0.4, -0.2) is 30.9 Å². The highest BCUT2D eigenvalue weighted by Crippen LogP contribution is 2.41. The first-order valence-corrected chi connectivity index (χ1v) is 6.62. The number of aromatic nitrogens is 1. The van der Waals surface area contributed by atoms with Crippen molar-refractivity contribution in [3.63, 3.8) is 0 Å². The number of esters is 1. The Labute approximate surface area is 121 Å². The van der Waals surface area contributed by atoms with Gasteiger partial charge in [0.05, 0.1) is 37.5 Å². The fourth-order valence-corrected chi connectivity index (χ4v) is 2.50. The van der Waals surface area contributed by atoms with E-state index in [4.69, 9.17) is 14.2 Å². The Balaban J connectivity index is 2.37. The summed E-state index contributed by atoms with van der Waals surface area (Å²) < 4.78 is 17.6. The molecular weight excluding hydrogens is 272 g/mol. The number of carbonyl (C=O) groups excluding carboxylic acids is 1. The molecule has 1 fully saturated rings. The highest BCUT2D eigenvalue weighted by molar-refractivity contribution is 6.09. The molecule has 1 atom stereocenters. The maximum Gasteiger partial charge on any atom is 0.344 e. The average molecular weight is 286 g/mol. The first-order valence-electron chi connectivity index (χ1n) is 6.62. The monoisotopic (exact) mass is 286 g/mol. The van der Waals surface area contributed by atoms with E-state index in [0.717, 1.165) is 5.52 Å². The zero-order valence-corrected chi connectivity index (χ0v) is 11.8. The van der Waals surface area contributed by atoms with E-state index >= 15 is 0 Å². The molecule has 108 valence electrons. The van der Waals surface area contributed by atoms with Crippen molar-refractivity contribution < 1.29 is 19.0 Å². The van der Waals surface area contributed by atoms with Gasteiger partial charge in [0.25, 0.3) is 0 Å². The summed E-state index contributed by atoms with van der Waals surface area (Å²) in [6, 6.07) is 7.39. The van der Waals surface area contributed by atoms with Gasteiger partial charge in [-0.25, -0.2) is 4.79 Å². The molecule has 0 aliphatic carbocycles. The van der Waals surface area contributed by atoms with E-state index in [-0.39, 0.29) is 18.4 Å². The lowest BCUT2D eigenvalue weighted by molar-refractivity contribution is 0.0524. The number of ether oxygens (including phenoxy) is 3. The van der Waals surface area contributed by atoms with Crippen molar-refractivity contribution in [2.45, 2.75) is 13.2 Å². The van der Waals surface area contributed by atoms with E-state index in [1.54, 1.807) is 23.6 Å². The van der Waals surface area contributed by atoms with Gasteiger partial charge in [-0.05, 0) is 19.1 Å². The third kappa shape index (κ3) is 2.03. The Morgan fingerprint density at radius 1 is 1.57 bits per heavy atom. The topological polar surface area (TPSA) is 76.8 Å². The number of hydrogen-bond donors (Lipinski definition) is 0. The highest BCUT2D eigenvalue weighted by atomic mass is 16.6. The van der Waals surface area contributed by atoms with Gasteiger partial charge in [-0.1, -0.05) is 6.07 Å². The molecule has 0 radical (unpaired) electrons. The first kappa shape index (κ1) is 13.5. The van der Waals surface area contributed by atoms with Crippen LogP contribution in [0.2, 0.25) is 0 Å². The molecule has 1 aliphatic rings. The number of rotatable bonds is 4. The predicted octanol–water partition coefficient (Wildman–Crippen LogP) is 2.23. The van der Waals surface area contributed by atoms with Gasteiger partial charge in [0.2, 0.25) is 5.88 Å². The number of benzene rings is 1. The van der Waals surface area contributed by atoms with Crippen LogP contribution in [0.5, 0.6) is 5.88 Å². The second-order valence-corrected chi connectivity index (χ2v) is 4.57. The van der Waals surface area contributed by atoms with Crippen molar-refractivity contribution in [1.29, 1.82) is 5.26 Å². The Hall–Kier alpha value is -2.52. The van der Waals surface area contributed by atoms with Gasteiger partial charge in [0.1, 0.15) is 5.56 Å². The molecule has 0 bridgehead atoms. The summed E-state index contributed by atoms with van der Waals surface area (Å²) in [5, 5.41) is 9.86. The van der Waals surface area contributed by atoms with Gasteiger partial charge in [0.15, 0.2) is 6.23 Å². The lowest BCUT2D eigenvalue weighted by atomic mass is 10.1. The van der Waals surface area contributed by atoms with Crippen molar-refractivity contribution in [1.82, 2.24) is 4.57 Å². The van der Waals surface area contributed by atoms with Crippen LogP contribution in [0.15, 0.2) is 18.2 Å². The minimum Gasteiger partial charge on any atom is -0.481 e. The second-order valence-electron chi connectivity index (χ2n) is 4.57. The number of methoxy groups -OCH3 is 1. The molecule has 6 heteroatoms. The lowest BCUT2D eigenvalue weighted by Crippen LogP contribution is -2.07. The van der Waals surface area contributed by atoms with Crippen LogP contribution < -0.4 is 4.74 Å². The van der Waals surface area contributed by atoms with Crippen LogP contribution in [-0.2, 0) is 9.47 Å². The highest BCUT2D eigenvalue weighted by Gasteiger charge is 2.35. The van der Waals surface area contributed by atoms with Gasteiger partial charge in [-0.2, -0.15) is 5.26 Å². The summed E-state index contributed by atoms with van der Waals surface area (Å²) in [4.78, 5) is 12.3. The Morgan fingerprint density at radius 3 is 2.90 bits per heavy atom. The Morgan fingerprint density at radius 2 is 2.33 bits per heavy atom. The van der Waals surface area contributed by atoms with E-state index in [1.807, 2.05) is 6.07 Å². The largest absolute Gasteiger partial charge is 0.481 e. The SMILES string of the molecule is CCOC(=O)c1c(OC)n(C2CO2)c2cccc(C#N)c12.